The highest BCUT2D eigenvalue weighted by molar-refractivity contribution is 7.80. The van der Waals surface area contributed by atoms with E-state index in [0.29, 0.717) is 31.1 Å². The molecule has 1 atom stereocenters. The van der Waals surface area contributed by atoms with Crippen molar-refractivity contribution in [2.75, 3.05) is 6.54 Å². The molecule has 0 aliphatic carbocycles. The minimum atomic E-state index is -4.83. The van der Waals surface area contributed by atoms with Gasteiger partial charge in [0.25, 0.3) is 5.91 Å². The summed E-state index contributed by atoms with van der Waals surface area (Å²) in [5.41, 5.74) is 2.42. The Kier molecular flexibility index (Phi) is 4.39. The van der Waals surface area contributed by atoms with Crippen LogP contribution in [0, 0.1) is 0 Å². The van der Waals surface area contributed by atoms with Gasteiger partial charge in [-0.15, -0.1) is 0 Å². The molecule has 1 aliphatic heterocycles. The van der Waals surface area contributed by atoms with Gasteiger partial charge in [-0.2, -0.15) is 13.2 Å². The average molecular weight is 297 g/mol. The number of alkyl halides is 3. The molecular weight excluding hydrogens is 283 g/mol. The summed E-state index contributed by atoms with van der Waals surface area (Å²) in [7, 11) is 0. The van der Waals surface area contributed by atoms with Crippen LogP contribution in [0.2, 0.25) is 0 Å². The minimum Gasteiger partial charge on any atom is -0.393 e. The van der Waals surface area contributed by atoms with E-state index in [2.05, 4.69) is 12.2 Å². The summed E-state index contributed by atoms with van der Waals surface area (Å²) >= 11 is 4.64. The molecule has 0 aromatic heterocycles. The van der Waals surface area contributed by atoms with Crippen molar-refractivity contribution in [1.82, 2.24) is 10.2 Å². The Labute approximate surface area is 113 Å². The zero-order chi connectivity index (χ0) is 14.8. The summed E-state index contributed by atoms with van der Waals surface area (Å²) in [6, 6.07) is -1.03. The average Bonchev–Trinajstić information content (AvgIpc) is 2.46. The van der Waals surface area contributed by atoms with Crippen molar-refractivity contribution >= 4 is 29.1 Å². The molecule has 19 heavy (non-hydrogen) atoms. The Hall–Kier alpha value is -1.38. The molecule has 0 aromatic rings. The normalized spacial score (nSPS) is 23.7. The lowest BCUT2D eigenvalue weighted by atomic mass is 10.0. The highest BCUT2D eigenvalue weighted by Crippen LogP contribution is 2.35. The van der Waals surface area contributed by atoms with Gasteiger partial charge in [-0.05, 0) is 26.2 Å². The van der Waals surface area contributed by atoms with Crippen LogP contribution in [0.3, 0.4) is 0 Å². The molecule has 0 radical (unpaired) electrons. The number of carbonyl (C=O) groups is 2. The van der Waals surface area contributed by atoms with Gasteiger partial charge in [-0.1, -0.05) is 12.2 Å². The fraction of sp³-hybridized carbons (Fsp3) is 0.700. The third-order valence-corrected chi connectivity index (χ3v) is 3.10. The number of rotatable bonds is 5. The zero-order valence-electron chi connectivity index (χ0n) is 10.2. The Morgan fingerprint density at radius 2 is 2.00 bits per heavy atom. The maximum atomic E-state index is 12.7. The van der Waals surface area contributed by atoms with Crippen LogP contribution in [-0.2, 0) is 4.79 Å². The van der Waals surface area contributed by atoms with E-state index < -0.39 is 23.7 Å². The first kappa shape index (κ1) is 15.7. The van der Waals surface area contributed by atoms with Gasteiger partial charge in [-0.3, -0.25) is 9.69 Å². The highest BCUT2D eigenvalue weighted by atomic mass is 32.1. The van der Waals surface area contributed by atoms with E-state index in [-0.39, 0.29) is 11.5 Å². The number of imide groups is 1. The van der Waals surface area contributed by atoms with E-state index in [0.717, 1.165) is 0 Å². The first-order valence-electron chi connectivity index (χ1n) is 5.58. The predicted octanol–water partition coefficient (Wildman–Crippen LogP) is 1.32. The number of nitrogens with zero attached hydrogens (tertiary/aromatic N) is 1. The second-order valence-electron chi connectivity index (χ2n) is 4.43. The van der Waals surface area contributed by atoms with Crippen LogP contribution in [0.5, 0.6) is 0 Å². The summed E-state index contributed by atoms with van der Waals surface area (Å²) in [5.74, 6) is -1.28. The topological polar surface area (TPSA) is 75.4 Å². The molecule has 1 fully saturated rings. The van der Waals surface area contributed by atoms with E-state index in [1.165, 1.54) is 0 Å². The molecule has 1 unspecified atom stereocenters. The van der Waals surface area contributed by atoms with Crippen molar-refractivity contribution in [2.45, 2.75) is 37.9 Å². The summed E-state index contributed by atoms with van der Waals surface area (Å²) in [5, 5.41) is 1.68. The molecule has 0 aromatic carbocycles. The van der Waals surface area contributed by atoms with E-state index in [9.17, 15) is 22.8 Å². The van der Waals surface area contributed by atoms with Crippen LogP contribution < -0.4 is 11.1 Å². The smallest absolute Gasteiger partial charge is 0.393 e. The van der Waals surface area contributed by atoms with Gasteiger partial charge in [0.05, 0.1) is 4.99 Å². The second-order valence-corrected chi connectivity index (χ2v) is 4.96. The van der Waals surface area contributed by atoms with Gasteiger partial charge in [0, 0.05) is 6.54 Å². The molecule has 9 heteroatoms. The predicted molar refractivity (Wildman–Crippen MR) is 65.3 cm³/mol. The van der Waals surface area contributed by atoms with Gasteiger partial charge in [-0.25, -0.2) is 4.79 Å². The number of carbonyl (C=O) groups excluding carboxylic acids is 2. The van der Waals surface area contributed by atoms with Crippen LogP contribution >= 0.6 is 12.2 Å². The van der Waals surface area contributed by atoms with Crippen LogP contribution in [0.1, 0.15) is 26.2 Å². The lowest BCUT2D eigenvalue weighted by molar-refractivity contribution is -0.191. The first-order valence-corrected chi connectivity index (χ1v) is 5.99. The number of hydrogen-bond donors (Lipinski definition) is 2. The maximum Gasteiger partial charge on any atom is 0.420 e. The maximum absolute atomic E-state index is 12.7. The first-order chi connectivity index (χ1) is 8.59. The van der Waals surface area contributed by atoms with Crippen molar-refractivity contribution < 1.29 is 22.8 Å². The molecule has 1 rings (SSSR count). The van der Waals surface area contributed by atoms with Crippen LogP contribution in [0.15, 0.2) is 0 Å². The third kappa shape index (κ3) is 3.14. The minimum absolute atomic E-state index is 0.0844. The summed E-state index contributed by atoms with van der Waals surface area (Å²) in [4.78, 5) is 24.0. The number of thiocarbonyl (C=S) groups is 1. The molecule has 1 saturated heterocycles. The van der Waals surface area contributed by atoms with Crippen molar-refractivity contribution in [3.8, 4) is 0 Å². The second kappa shape index (κ2) is 5.32. The molecule has 0 saturated carbocycles. The largest absolute Gasteiger partial charge is 0.420 e. The van der Waals surface area contributed by atoms with Gasteiger partial charge in [0.1, 0.15) is 0 Å². The molecule has 3 amide bonds. The lowest BCUT2D eigenvalue weighted by Crippen LogP contribution is -2.56. The van der Waals surface area contributed by atoms with Crippen LogP contribution in [0.4, 0.5) is 18.0 Å². The molecule has 3 N–H and O–H groups in total. The van der Waals surface area contributed by atoms with Crippen molar-refractivity contribution in [3.05, 3.63) is 0 Å². The van der Waals surface area contributed by atoms with E-state index in [1.54, 1.807) is 5.32 Å². The number of nitrogens with one attached hydrogen (secondary N) is 1. The summed E-state index contributed by atoms with van der Waals surface area (Å²) in [6.45, 7) is 0.571. The van der Waals surface area contributed by atoms with E-state index in [4.69, 9.17) is 5.73 Å². The molecule has 0 spiro atoms. The van der Waals surface area contributed by atoms with E-state index >= 15 is 0 Å². The van der Waals surface area contributed by atoms with Gasteiger partial charge >= 0.3 is 12.2 Å². The SMILES string of the molecule is CC1(C(F)(F)F)NC(=O)N(CCCCC(N)=S)C1=O. The number of amides is 3. The fourth-order valence-electron chi connectivity index (χ4n) is 1.66. The zero-order valence-corrected chi connectivity index (χ0v) is 11.0. The van der Waals surface area contributed by atoms with Crippen molar-refractivity contribution in [1.29, 1.82) is 0 Å². The van der Waals surface area contributed by atoms with Crippen LogP contribution in [-0.4, -0.2) is 40.1 Å². The molecule has 0 bridgehead atoms. The highest BCUT2D eigenvalue weighted by Gasteiger charge is 2.64. The van der Waals surface area contributed by atoms with E-state index in [1.807, 2.05) is 0 Å². The quantitative estimate of drug-likeness (QED) is 0.456. The summed E-state index contributed by atoms with van der Waals surface area (Å²) < 4.78 is 38.2. The Balaban J connectivity index is 2.65. The number of halogens is 3. The molecule has 5 nitrogen and oxygen atoms in total. The molecule has 1 heterocycles. The Bertz CT molecular complexity index is 413. The number of nitrogens with two attached hydrogens (primary N) is 1. The Morgan fingerprint density at radius 3 is 2.42 bits per heavy atom. The van der Waals surface area contributed by atoms with Gasteiger partial charge in [0.15, 0.2) is 0 Å². The summed E-state index contributed by atoms with van der Waals surface area (Å²) in [6.07, 6.45) is -3.54. The number of unbranched alkanes of at least 4 members (excludes halogenated alkanes) is 1. The number of hydrogen-bond acceptors (Lipinski definition) is 3. The Morgan fingerprint density at radius 1 is 1.42 bits per heavy atom. The van der Waals surface area contributed by atoms with Crippen LogP contribution in [0.25, 0.3) is 0 Å². The van der Waals surface area contributed by atoms with Crippen molar-refractivity contribution in [2.24, 2.45) is 5.73 Å². The fourth-order valence-corrected chi connectivity index (χ4v) is 1.81. The number of urea groups is 1. The monoisotopic (exact) mass is 297 g/mol. The molecular formula is C10H14F3N3O2S. The van der Waals surface area contributed by atoms with Gasteiger partial charge in [0.2, 0.25) is 5.54 Å². The van der Waals surface area contributed by atoms with Crippen molar-refractivity contribution in [3.63, 3.8) is 0 Å². The molecule has 108 valence electrons. The standard InChI is InChI=1S/C10H14F3N3O2S/c1-9(10(11,12)13)7(17)16(8(18)15-9)5-3-2-4-6(14)19/h2-5H2,1H3,(H2,14,19)(H,15,18). The lowest BCUT2D eigenvalue weighted by Gasteiger charge is -2.24. The van der Waals surface area contributed by atoms with Gasteiger partial charge < -0.3 is 11.1 Å². The molecule has 1 aliphatic rings. The third-order valence-electron chi connectivity index (χ3n) is 2.90.